The zero-order chi connectivity index (χ0) is 17.4. The molecule has 0 aliphatic carbocycles. The summed E-state index contributed by atoms with van der Waals surface area (Å²) in [6, 6.07) is 6.84. The van der Waals surface area contributed by atoms with Crippen molar-refractivity contribution in [3.05, 3.63) is 48.2 Å². The molecule has 0 aromatic carbocycles. The van der Waals surface area contributed by atoms with E-state index in [0.717, 1.165) is 31.4 Å². The van der Waals surface area contributed by atoms with Gasteiger partial charge < -0.3 is 10.2 Å². The van der Waals surface area contributed by atoms with Crippen LogP contribution in [0.3, 0.4) is 0 Å². The Morgan fingerprint density at radius 1 is 1.24 bits per heavy atom. The van der Waals surface area contributed by atoms with Crippen LogP contribution in [0.15, 0.2) is 36.7 Å². The van der Waals surface area contributed by atoms with Crippen molar-refractivity contribution < 1.29 is 9.18 Å². The van der Waals surface area contributed by atoms with E-state index in [1.54, 1.807) is 0 Å². The lowest BCUT2D eigenvalue weighted by Crippen LogP contribution is -2.28. The van der Waals surface area contributed by atoms with Crippen molar-refractivity contribution in [3.63, 3.8) is 0 Å². The van der Waals surface area contributed by atoms with Gasteiger partial charge in [-0.1, -0.05) is 0 Å². The number of rotatable bonds is 3. The molecule has 1 aliphatic heterocycles. The van der Waals surface area contributed by atoms with E-state index >= 15 is 0 Å². The Balaban J connectivity index is 1.64. The Bertz CT molecular complexity index is 923. The van der Waals surface area contributed by atoms with Crippen molar-refractivity contribution >= 4 is 23.2 Å². The SMILES string of the molecule is C[C@H]1CCCN1c1ccc2ncc(C(=O)Nc3ccc(F)cn3)n2n1. The minimum atomic E-state index is -0.459. The average molecular weight is 340 g/mol. The number of hydrogen-bond donors (Lipinski definition) is 1. The first-order chi connectivity index (χ1) is 12.1. The van der Waals surface area contributed by atoms with Gasteiger partial charge in [0, 0.05) is 12.6 Å². The van der Waals surface area contributed by atoms with Gasteiger partial charge in [0.1, 0.15) is 17.5 Å². The summed E-state index contributed by atoms with van der Waals surface area (Å²) in [6.45, 7) is 3.12. The smallest absolute Gasteiger partial charge is 0.277 e. The fraction of sp³-hybridized carbons (Fsp3) is 0.294. The highest BCUT2D eigenvalue weighted by Gasteiger charge is 2.23. The maximum Gasteiger partial charge on any atom is 0.277 e. The lowest BCUT2D eigenvalue weighted by Gasteiger charge is -2.22. The number of nitrogens with zero attached hydrogens (tertiary/aromatic N) is 5. The predicted molar refractivity (Wildman–Crippen MR) is 91.2 cm³/mol. The summed E-state index contributed by atoms with van der Waals surface area (Å²) in [5.41, 5.74) is 0.891. The molecular weight excluding hydrogens is 323 g/mol. The van der Waals surface area contributed by atoms with Crippen molar-refractivity contribution in [1.29, 1.82) is 0 Å². The van der Waals surface area contributed by atoms with Crippen LogP contribution in [0.4, 0.5) is 16.0 Å². The summed E-state index contributed by atoms with van der Waals surface area (Å²) in [5.74, 6) is 0.236. The van der Waals surface area contributed by atoms with E-state index in [9.17, 15) is 9.18 Å². The molecule has 1 saturated heterocycles. The molecule has 4 heterocycles. The second-order valence-corrected chi connectivity index (χ2v) is 6.11. The number of imidazole rings is 1. The number of nitrogens with one attached hydrogen (secondary N) is 1. The molecule has 25 heavy (non-hydrogen) atoms. The van der Waals surface area contributed by atoms with E-state index in [1.807, 2.05) is 12.1 Å². The van der Waals surface area contributed by atoms with Crippen molar-refractivity contribution in [2.24, 2.45) is 0 Å². The molecular formula is C17H17FN6O. The van der Waals surface area contributed by atoms with E-state index in [-0.39, 0.29) is 5.82 Å². The zero-order valence-corrected chi connectivity index (χ0v) is 13.7. The van der Waals surface area contributed by atoms with Gasteiger partial charge in [-0.05, 0) is 44.0 Å². The Labute approximate surface area is 143 Å². The summed E-state index contributed by atoms with van der Waals surface area (Å²) in [4.78, 5) is 22.8. The summed E-state index contributed by atoms with van der Waals surface area (Å²) in [6.07, 6.45) is 4.79. The number of halogens is 1. The van der Waals surface area contributed by atoms with Gasteiger partial charge in [0.25, 0.3) is 5.91 Å². The van der Waals surface area contributed by atoms with Gasteiger partial charge in [-0.25, -0.2) is 18.9 Å². The zero-order valence-electron chi connectivity index (χ0n) is 13.7. The molecule has 0 spiro atoms. The number of carbonyl (C=O) groups excluding carboxylic acids is 1. The lowest BCUT2D eigenvalue weighted by molar-refractivity contribution is 0.102. The first-order valence-corrected chi connectivity index (χ1v) is 8.16. The van der Waals surface area contributed by atoms with Crippen molar-refractivity contribution in [2.75, 3.05) is 16.8 Å². The summed E-state index contributed by atoms with van der Waals surface area (Å²) >= 11 is 0. The van der Waals surface area contributed by atoms with Crippen LogP contribution in [0.2, 0.25) is 0 Å². The van der Waals surface area contributed by atoms with Crippen LogP contribution in [0.1, 0.15) is 30.3 Å². The third-order valence-corrected chi connectivity index (χ3v) is 4.40. The van der Waals surface area contributed by atoms with Crippen molar-refractivity contribution in [2.45, 2.75) is 25.8 Å². The molecule has 3 aromatic heterocycles. The molecule has 1 atom stereocenters. The summed E-state index contributed by atoms with van der Waals surface area (Å²) < 4.78 is 14.5. The van der Waals surface area contributed by atoms with Crippen LogP contribution < -0.4 is 10.2 Å². The Morgan fingerprint density at radius 2 is 2.12 bits per heavy atom. The highest BCUT2D eigenvalue weighted by Crippen LogP contribution is 2.23. The molecule has 1 aliphatic rings. The maximum atomic E-state index is 12.9. The van der Waals surface area contributed by atoms with Crippen LogP contribution >= 0.6 is 0 Å². The van der Waals surface area contributed by atoms with Crippen LogP contribution in [0.5, 0.6) is 0 Å². The lowest BCUT2D eigenvalue weighted by atomic mass is 10.2. The number of carbonyl (C=O) groups is 1. The number of aromatic nitrogens is 4. The molecule has 128 valence electrons. The average Bonchev–Trinajstić information content (AvgIpc) is 3.22. The summed E-state index contributed by atoms with van der Waals surface area (Å²) in [5, 5.41) is 7.21. The second kappa shape index (κ2) is 6.12. The molecule has 3 aromatic rings. The normalized spacial score (nSPS) is 17.2. The molecule has 0 bridgehead atoms. The molecule has 8 heteroatoms. The first-order valence-electron chi connectivity index (χ1n) is 8.16. The Kier molecular flexibility index (Phi) is 3.79. The second-order valence-electron chi connectivity index (χ2n) is 6.11. The number of hydrogen-bond acceptors (Lipinski definition) is 5. The van der Waals surface area contributed by atoms with Gasteiger partial charge in [-0.2, -0.15) is 0 Å². The molecule has 1 fully saturated rings. The van der Waals surface area contributed by atoms with Gasteiger partial charge in [0.05, 0.1) is 12.4 Å². The minimum Gasteiger partial charge on any atom is -0.352 e. The fourth-order valence-corrected chi connectivity index (χ4v) is 3.08. The third kappa shape index (κ3) is 2.90. The van der Waals surface area contributed by atoms with Crippen LogP contribution in [-0.2, 0) is 0 Å². The van der Waals surface area contributed by atoms with E-state index in [0.29, 0.717) is 17.4 Å². The molecule has 0 unspecified atom stereocenters. The topological polar surface area (TPSA) is 75.4 Å². The first kappa shape index (κ1) is 15.5. The van der Waals surface area contributed by atoms with Crippen molar-refractivity contribution in [1.82, 2.24) is 19.6 Å². The van der Waals surface area contributed by atoms with Crippen LogP contribution in [0, 0.1) is 5.82 Å². The maximum absolute atomic E-state index is 12.9. The number of pyridine rings is 1. The third-order valence-electron chi connectivity index (χ3n) is 4.40. The van der Waals surface area contributed by atoms with E-state index in [4.69, 9.17) is 0 Å². The fourth-order valence-electron chi connectivity index (χ4n) is 3.08. The van der Waals surface area contributed by atoms with E-state index < -0.39 is 11.7 Å². The molecule has 7 nitrogen and oxygen atoms in total. The monoisotopic (exact) mass is 340 g/mol. The van der Waals surface area contributed by atoms with Gasteiger partial charge in [-0.15, -0.1) is 5.10 Å². The standard InChI is InChI=1S/C17H17FN6O/c1-11-3-2-8-23(11)16-7-6-15-20-10-13(24(15)22-16)17(25)21-14-5-4-12(18)9-19-14/h4-7,9-11H,2-3,8H2,1H3,(H,19,21,25)/t11-/m0/s1. The van der Waals surface area contributed by atoms with Crippen LogP contribution in [0.25, 0.3) is 5.65 Å². The molecule has 4 rings (SSSR count). The highest BCUT2D eigenvalue weighted by molar-refractivity contribution is 6.02. The van der Waals surface area contributed by atoms with E-state index in [2.05, 4.69) is 32.2 Å². The van der Waals surface area contributed by atoms with Gasteiger partial charge in [0.15, 0.2) is 11.3 Å². The minimum absolute atomic E-state index is 0.269. The predicted octanol–water partition coefficient (Wildman–Crippen LogP) is 2.50. The van der Waals surface area contributed by atoms with Gasteiger partial charge in [-0.3, -0.25) is 4.79 Å². The molecule has 1 amide bonds. The Morgan fingerprint density at radius 3 is 2.84 bits per heavy atom. The number of amides is 1. The van der Waals surface area contributed by atoms with Crippen molar-refractivity contribution in [3.8, 4) is 0 Å². The number of anilines is 2. The molecule has 0 saturated carbocycles. The van der Waals surface area contributed by atoms with Crippen LogP contribution in [-0.4, -0.2) is 38.1 Å². The summed E-state index contributed by atoms with van der Waals surface area (Å²) in [7, 11) is 0. The largest absolute Gasteiger partial charge is 0.352 e. The van der Waals surface area contributed by atoms with Gasteiger partial charge >= 0.3 is 0 Å². The van der Waals surface area contributed by atoms with E-state index in [1.165, 1.54) is 22.8 Å². The highest BCUT2D eigenvalue weighted by atomic mass is 19.1. The quantitative estimate of drug-likeness (QED) is 0.793. The molecule has 0 radical (unpaired) electrons. The molecule has 1 N–H and O–H groups in total. The number of fused-ring (bicyclic) bond motifs is 1. The van der Waals surface area contributed by atoms with Gasteiger partial charge in [0.2, 0.25) is 0 Å². The Hall–Kier alpha value is -3.03.